The summed E-state index contributed by atoms with van der Waals surface area (Å²) in [7, 11) is -0.129. The van der Waals surface area contributed by atoms with Crippen LogP contribution in [0.4, 0.5) is 5.69 Å². The Labute approximate surface area is 181 Å². The van der Waals surface area contributed by atoms with Crippen LogP contribution in [0.15, 0.2) is 58.2 Å². The number of amides is 1. The third-order valence-electron chi connectivity index (χ3n) is 5.19. The van der Waals surface area contributed by atoms with E-state index in [1.807, 2.05) is 0 Å². The number of nitrogens with zero attached hydrogens (tertiary/aromatic N) is 3. The molecule has 0 aliphatic carbocycles. The van der Waals surface area contributed by atoms with Crippen LogP contribution >= 0.6 is 0 Å². The van der Waals surface area contributed by atoms with Crippen molar-refractivity contribution < 1.29 is 13.2 Å². The number of imidazole rings is 1. The normalized spacial score (nSPS) is 12.2. The molecular formula is C22H26N4O4S. The van der Waals surface area contributed by atoms with Gasteiger partial charge in [-0.15, -0.1) is 0 Å². The summed E-state index contributed by atoms with van der Waals surface area (Å²) in [4.78, 5) is 24.5. The topological polar surface area (TPSA) is 93.4 Å². The fraction of sp³-hybridized carbons (Fsp3) is 0.273. The molecule has 31 heavy (non-hydrogen) atoms. The van der Waals surface area contributed by atoms with Gasteiger partial charge in [-0.3, -0.25) is 13.9 Å². The van der Waals surface area contributed by atoms with Crippen LogP contribution in [0.5, 0.6) is 0 Å². The number of anilines is 1. The number of hydrogen-bond acceptors (Lipinski definition) is 4. The van der Waals surface area contributed by atoms with Crippen LogP contribution in [0.1, 0.15) is 19.4 Å². The van der Waals surface area contributed by atoms with Crippen LogP contribution in [0.25, 0.3) is 17.1 Å². The lowest BCUT2D eigenvalue weighted by Crippen LogP contribution is -2.30. The first-order chi connectivity index (χ1) is 14.7. The van der Waals surface area contributed by atoms with E-state index in [-0.39, 0.29) is 16.5 Å². The third-order valence-corrected chi connectivity index (χ3v) is 7.25. The molecule has 1 aromatic heterocycles. The number of hydrogen-bond donors (Lipinski definition) is 1. The molecule has 9 heteroatoms. The number of sulfonamides is 1. The van der Waals surface area contributed by atoms with Crippen molar-refractivity contribution in [1.29, 1.82) is 0 Å². The van der Waals surface area contributed by atoms with E-state index in [1.54, 1.807) is 68.9 Å². The van der Waals surface area contributed by atoms with Gasteiger partial charge in [-0.05, 0) is 42.0 Å². The van der Waals surface area contributed by atoms with E-state index < -0.39 is 10.0 Å². The van der Waals surface area contributed by atoms with Gasteiger partial charge in [0, 0.05) is 38.9 Å². The zero-order valence-corrected chi connectivity index (χ0v) is 18.8. The lowest BCUT2D eigenvalue weighted by atomic mass is 10.2. The quantitative estimate of drug-likeness (QED) is 0.569. The summed E-state index contributed by atoms with van der Waals surface area (Å²) in [6, 6.07) is 11.7. The van der Waals surface area contributed by atoms with Gasteiger partial charge < -0.3 is 5.32 Å². The average Bonchev–Trinajstić information content (AvgIpc) is 2.97. The molecule has 0 aliphatic heterocycles. The first-order valence-corrected chi connectivity index (χ1v) is 11.4. The highest BCUT2D eigenvalue weighted by atomic mass is 32.2. The minimum atomic E-state index is -3.51. The Kier molecular flexibility index (Phi) is 6.47. The third kappa shape index (κ3) is 4.47. The van der Waals surface area contributed by atoms with E-state index >= 15 is 0 Å². The first kappa shape index (κ1) is 22.5. The molecule has 8 nitrogen and oxygen atoms in total. The number of aryl methyl sites for hydroxylation is 2. The van der Waals surface area contributed by atoms with Crippen LogP contribution in [0.3, 0.4) is 0 Å². The van der Waals surface area contributed by atoms with Crippen molar-refractivity contribution in [3.63, 3.8) is 0 Å². The second kappa shape index (κ2) is 8.91. The molecule has 1 amide bonds. The zero-order valence-electron chi connectivity index (χ0n) is 18.0. The molecule has 0 saturated heterocycles. The minimum absolute atomic E-state index is 0.134. The molecule has 0 unspecified atom stereocenters. The van der Waals surface area contributed by atoms with Crippen molar-refractivity contribution in [2.75, 3.05) is 18.4 Å². The van der Waals surface area contributed by atoms with Gasteiger partial charge in [-0.1, -0.05) is 26.0 Å². The van der Waals surface area contributed by atoms with Gasteiger partial charge in [0.1, 0.15) is 0 Å². The second-order valence-electron chi connectivity index (χ2n) is 7.09. The largest absolute Gasteiger partial charge is 0.328 e. The highest BCUT2D eigenvalue weighted by Crippen LogP contribution is 2.19. The highest BCUT2D eigenvalue weighted by molar-refractivity contribution is 7.89. The molecule has 0 saturated carbocycles. The van der Waals surface area contributed by atoms with Crippen LogP contribution in [-0.4, -0.2) is 40.9 Å². The Bertz CT molecular complexity index is 1300. The van der Waals surface area contributed by atoms with E-state index in [0.29, 0.717) is 24.3 Å². The maximum absolute atomic E-state index is 12.5. The molecule has 0 aliphatic rings. The summed E-state index contributed by atoms with van der Waals surface area (Å²) in [5.74, 6) is -0.333. The smallest absolute Gasteiger partial charge is 0.322 e. The van der Waals surface area contributed by atoms with E-state index in [2.05, 4.69) is 5.32 Å². The van der Waals surface area contributed by atoms with Gasteiger partial charge in [0.2, 0.25) is 15.9 Å². The van der Waals surface area contributed by atoms with Crippen LogP contribution in [-0.2, 0) is 28.9 Å². The van der Waals surface area contributed by atoms with E-state index in [0.717, 1.165) is 11.0 Å². The van der Waals surface area contributed by atoms with Gasteiger partial charge in [-0.25, -0.2) is 13.2 Å². The standard InChI is InChI=1S/C22H26N4O4S/c1-5-26(6-2)31(29,30)18-11-7-16(8-12-18)9-14-21(27)23-17-10-13-19-20(15-17)25(4)22(28)24(19)3/h7-15H,5-6H2,1-4H3,(H,23,27)/b14-9+. The first-order valence-electron chi connectivity index (χ1n) is 9.93. The highest BCUT2D eigenvalue weighted by Gasteiger charge is 2.20. The van der Waals surface area contributed by atoms with E-state index in [9.17, 15) is 18.0 Å². The Morgan fingerprint density at radius 3 is 2.23 bits per heavy atom. The second-order valence-corrected chi connectivity index (χ2v) is 9.02. The molecule has 0 fully saturated rings. The maximum Gasteiger partial charge on any atom is 0.328 e. The summed E-state index contributed by atoms with van der Waals surface area (Å²) in [5, 5.41) is 2.77. The van der Waals surface area contributed by atoms with Gasteiger partial charge in [0.25, 0.3) is 0 Å². The average molecular weight is 443 g/mol. The van der Waals surface area contributed by atoms with Gasteiger partial charge in [0.15, 0.2) is 0 Å². The van der Waals surface area contributed by atoms with E-state index in [4.69, 9.17) is 0 Å². The molecule has 164 valence electrons. The number of benzene rings is 2. The Morgan fingerprint density at radius 2 is 1.61 bits per heavy atom. The number of carbonyl (C=O) groups excluding carboxylic acids is 1. The van der Waals surface area contributed by atoms with Crippen molar-refractivity contribution in [2.24, 2.45) is 14.1 Å². The molecule has 1 heterocycles. The minimum Gasteiger partial charge on any atom is -0.322 e. The summed E-state index contributed by atoms with van der Waals surface area (Å²) < 4.78 is 29.5. The van der Waals surface area contributed by atoms with Crippen molar-refractivity contribution in [3.05, 3.63) is 64.6 Å². The zero-order chi connectivity index (χ0) is 22.8. The summed E-state index contributed by atoms with van der Waals surface area (Å²) in [5.41, 5.74) is 2.64. The fourth-order valence-electron chi connectivity index (χ4n) is 3.40. The molecular weight excluding hydrogens is 416 g/mol. The molecule has 0 atom stereocenters. The Morgan fingerprint density at radius 1 is 1.00 bits per heavy atom. The number of fused-ring (bicyclic) bond motifs is 1. The van der Waals surface area contributed by atoms with Crippen molar-refractivity contribution in [3.8, 4) is 0 Å². The lowest BCUT2D eigenvalue weighted by molar-refractivity contribution is -0.111. The van der Waals surface area contributed by atoms with Crippen molar-refractivity contribution in [2.45, 2.75) is 18.7 Å². The number of aromatic nitrogens is 2. The van der Waals surface area contributed by atoms with Gasteiger partial charge >= 0.3 is 5.69 Å². The summed E-state index contributed by atoms with van der Waals surface area (Å²) in [6.07, 6.45) is 2.99. The van der Waals surface area contributed by atoms with Gasteiger partial charge in [-0.2, -0.15) is 4.31 Å². The van der Waals surface area contributed by atoms with Gasteiger partial charge in [0.05, 0.1) is 15.9 Å². The van der Waals surface area contributed by atoms with Crippen LogP contribution < -0.4 is 11.0 Å². The summed E-state index contributed by atoms with van der Waals surface area (Å²) >= 11 is 0. The monoisotopic (exact) mass is 442 g/mol. The number of carbonyl (C=O) groups is 1. The van der Waals surface area contributed by atoms with Crippen molar-refractivity contribution in [1.82, 2.24) is 13.4 Å². The number of rotatable bonds is 7. The molecule has 2 aromatic carbocycles. The molecule has 0 spiro atoms. The molecule has 1 N–H and O–H groups in total. The van der Waals surface area contributed by atoms with Crippen LogP contribution in [0.2, 0.25) is 0 Å². The lowest BCUT2D eigenvalue weighted by Gasteiger charge is -2.18. The molecule has 0 bridgehead atoms. The predicted molar refractivity (Wildman–Crippen MR) is 122 cm³/mol. The van der Waals surface area contributed by atoms with Crippen LogP contribution in [0, 0.1) is 0 Å². The predicted octanol–water partition coefficient (Wildman–Crippen LogP) is 2.56. The number of nitrogens with one attached hydrogen (secondary N) is 1. The molecule has 3 aromatic rings. The van der Waals surface area contributed by atoms with Crippen molar-refractivity contribution >= 4 is 38.7 Å². The molecule has 0 radical (unpaired) electrons. The summed E-state index contributed by atoms with van der Waals surface area (Å²) in [6.45, 7) is 4.41. The molecule has 3 rings (SSSR count). The Hall–Kier alpha value is -3.17. The van der Waals surface area contributed by atoms with E-state index in [1.165, 1.54) is 27.1 Å². The fourth-order valence-corrected chi connectivity index (χ4v) is 4.86. The Balaban J connectivity index is 1.72. The SMILES string of the molecule is CCN(CC)S(=O)(=O)c1ccc(/C=C/C(=O)Nc2ccc3c(c2)n(C)c(=O)n3C)cc1. The maximum atomic E-state index is 12.5.